The summed E-state index contributed by atoms with van der Waals surface area (Å²) in [6, 6.07) is 3.26. The number of nitrogens with one attached hydrogen (secondary N) is 2. The number of esters is 1. The second-order valence-corrected chi connectivity index (χ2v) is 5.78. The highest BCUT2D eigenvalue weighted by Gasteiger charge is 2.32. The average molecular weight is 363 g/mol. The molecule has 0 amide bonds. The fourth-order valence-corrected chi connectivity index (χ4v) is 2.88. The van der Waals surface area contributed by atoms with Crippen LogP contribution in [0.1, 0.15) is 31.3 Å². The Bertz CT molecular complexity index is 862. The lowest BCUT2D eigenvalue weighted by Crippen LogP contribution is -2.33. The smallest absolute Gasteiger partial charge is 0.338 e. The number of aliphatic imine (C=N–C) groups is 1. The molecule has 0 spiro atoms. The van der Waals surface area contributed by atoms with Gasteiger partial charge in [-0.1, -0.05) is 17.7 Å². The summed E-state index contributed by atoms with van der Waals surface area (Å²) in [6.07, 6.45) is 3.26. The lowest BCUT2D eigenvalue weighted by Gasteiger charge is -2.26. The Morgan fingerprint density at radius 1 is 1.44 bits per heavy atom. The monoisotopic (exact) mass is 362 g/mol. The molecule has 6 nitrogen and oxygen atoms in total. The first-order valence-electron chi connectivity index (χ1n) is 7.68. The third-order valence-electron chi connectivity index (χ3n) is 3.72. The molecule has 2 aromatic rings. The van der Waals surface area contributed by atoms with E-state index in [9.17, 15) is 9.18 Å². The summed E-state index contributed by atoms with van der Waals surface area (Å²) >= 11 is 6.20. The van der Waals surface area contributed by atoms with Gasteiger partial charge in [0, 0.05) is 28.7 Å². The zero-order chi connectivity index (χ0) is 18.0. The molecule has 0 saturated heterocycles. The van der Waals surface area contributed by atoms with Crippen molar-refractivity contribution in [1.29, 1.82) is 0 Å². The van der Waals surface area contributed by atoms with E-state index in [0.717, 1.165) is 0 Å². The molecule has 130 valence electrons. The maximum Gasteiger partial charge on any atom is 0.338 e. The van der Waals surface area contributed by atoms with Gasteiger partial charge in [-0.05, 0) is 26.0 Å². The average Bonchev–Trinajstić information content (AvgIpc) is 3.08. The molecule has 0 bridgehead atoms. The summed E-state index contributed by atoms with van der Waals surface area (Å²) in [7, 11) is 0. The van der Waals surface area contributed by atoms with Crippen LogP contribution in [0.15, 0.2) is 46.9 Å². The third kappa shape index (κ3) is 3.41. The van der Waals surface area contributed by atoms with Gasteiger partial charge in [-0.2, -0.15) is 0 Å². The maximum absolute atomic E-state index is 13.4. The van der Waals surface area contributed by atoms with E-state index in [2.05, 4.69) is 20.3 Å². The van der Waals surface area contributed by atoms with Crippen molar-refractivity contribution in [1.82, 2.24) is 15.3 Å². The van der Waals surface area contributed by atoms with Crippen LogP contribution in [-0.2, 0) is 9.53 Å². The van der Waals surface area contributed by atoms with Crippen LogP contribution in [0.25, 0.3) is 0 Å². The van der Waals surface area contributed by atoms with Crippen LogP contribution in [-0.4, -0.2) is 28.4 Å². The lowest BCUT2D eigenvalue weighted by atomic mass is 9.96. The minimum atomic E-state index is -0.728. The molecule has 0 aliphatic carbocycles. The Morgan fingerprint density at radius 3 is 2.88 bits per heavy atom. The number of halogens is 2. The zero-order valence-electron chi connectivity index (χ0n) is 13.6. The largest absolute Gasteiger partial charge is 0.463 e. The second-order valence-electron chi connectivity index (χ2n) is 5.37. The van der Waals surface area contributed by atoms with E-state index in [1.807, 2.05) is 0 Å². The van der Waals surface area contributed by atoms with Crippen LogP contribution in [0.2, 0.25) is 5.02 Å². The van der Waals surface area contributed by atoms with Crippen LogP contribution >= 0.6 is 11.6 Å². The quantitative estimate of drug-likeness (QED) is 0.819. The lowest BCUT2D eigenvalue weighted by molar-refractivity contribution is -0.138. The topological polar surface area (TPSA) is 79.4 Å². The summed E-state index contributed by atoms with van der Waals surface area (Å²) in [5, 5.41) is 3.24. The van der Waals surface area contributed by atoms with Crippen molar-refractivity contribution in [2.75, 3.05) is 6.61 Å². The van der Waals surface area contributed by atoms with Crippen LogP contribution in [0, 0.1) is 5.82 Å². The minimum Gasteiger partial charge on any atom is -0.463 e. The molecule has 3 rings (SSSR count). The molecule has 0 fully saturated rings. The molecular formula is C17H16ClFN4O2. The summed E-state index contributed by atoms with van der Waals surface area (Å²) in [5.41, 5.74) is 1.41. The first kappa shape index (κ1) is 17.2. The Hall–Kier alpha value is -2.67. The summed E-state index contributed by atoms with van der Waals surface area (Å²) in [4.78, 5) is 24.1. The van der Waals surface area contributed by atoms with E-state index < -0.39 is 17.8 Å². The van der Waals surface area contributed by atoms with E-state index in [4.69, 9.17) is 16.3 Å². The number of carbonyl (C=O) groups is 1. The standard InChI is InChI=1S/C17H16ClFN4O2/c1-3-25-17(24)13-9(2)22-16(15-20-6-7-21-15)23-14(13)11-5-4-10(19)8-12(11)18/h4-8,14H,3H2,1-2H3,(H,20,21)(H,22,23)/t14-/m0/s1. The van der Waals surface area contributed by atoms with Crippen LogP contribution in [0.4, 0.5) is 4.39 Å². The first-order valence-corrected chi connectivity index (χ1v) is 8.06. The first-order chi connectivity index (χ1) is 12.0. The molecule has 0 radical (unpaired) electrons. The summed E-state index contributed by atoms with van der Waals surface area (Å²) in [5.74, 6) is 0.0166. The predicted octanol–water partition coefficient (Wildman–Crippen LogP) is 3.13. The highest BCUT2D eigenvalue weighted by atomic mass is 35.5. The highest BCUT2D eigenvalue weighted by molar-refractivity contribution is 6.31. The number of imidazole rings is 1. The molecule has 2 N–H and O–H groups in total. The summed E-state index contributed by atoms with van der Waals surface area (Å²) in [6.45, 7) is 3.70. The number of amidine groups is 1. The van der Waals surface area contributed by atoms with Gasteiger partial charge in [0.25, 0.3) is 0 Å². The van der Waals surface area contributed by atoms with Gasteiger partial charge in [0.15, 0.2) is 11.7 Å². The molecule has 1 aromatic heterocycles. The molecular weight excluding hydrogens is 347 g/mol. The number of hydrogen-bond acceptors (Lipinski definition) is 5. The van der Waals surface area contributed by atoms with Gasteiger partial charge in [0.2, 0.25) is 0 Å². The van der Waals surface area contributed by atoms with Gasteiger partial charge in [-0.25, -0.2) is 14.2 Å². The second kappa shape index (κ2) is 7.06. The Balaban J connectivity index is 2.11. The number of rotatable bonds is 4. The van der Waals surface area contributed by atoms with Gasteiger partial charge in [0.1, 0.15) is 11.9 Å². The fourth-order valence-electron chi connectivity index (χ4n) is 2.61. The normalized spacial score (nSPS) is 17.1. The number of nitrogens with zero attached hydrogens (tertiary/aromatic N) is 2. The van der Waals surface area contributed by atoms with E-state index in [-0.39, 0.29) is 11.6 Å². The Morgan fingerprint density at radius 2 is 2.24 bits per heavy atom. The highest BCUT2D eigenvalue weighted by Crippen LogP contribution is 2.36. The Labute approximate surface area is 148 Å². The number of carbonyl (C=O) groups excluding carboxylic acids is 1. The predicted molar refractivity (Wildman–Crippen MR) is 91.7 cm³/mol. The molecule has 25 heavy (non-hydrogen) atoms. The van der Waals surface area contributed by atoms with Crippen molar-refractivity contribution in [3.8, 4) is 0 Å². The van der Waals surface area contributed by atoms with Gasteiger partial charge in [0.05, 0.1) is 12.2 Å². The van der Waals surface area contributed by atoms with Crippen LogP contribution < -0.4 is 5.32 Å². The number of aromatic amines is 1. The molecule has 1 atom stereocenters. The van der Waals surface area contributed by atoms with Gasteiger partial charge >= 0.3 is 5.97 Å². The Kier molecular flexibility index (Phi) is 4.85. The van der Waals surface area contributed by atoms with E-state index in [0.29, 0.717) is 28.5 Å². The van der Waals surface area contributed by atoms with Crippen molar-refractivity contribution in [2.45, 2.75) is 19.9 Å². The zero-order valence-corrected chi connectivity index (χ0v) is 14.4. The third-order valence-corrected chi connectivity index (χ3v) is 4.04. The molecule has 1 aliphatic rings. The van der Waals surface area contributed by atoms with E-state index in [1.165, 1.54) is 18.2 Å². The van der Waals surface area contributed by atoms with Crippen molar-refractivity contribution in [2.24, 2.45) is 4.99 Å². The summed E-state index contributed by atoms with van der Waals surface area (Å²) < 4.78 is 18.6. The van der Waals surface area contributed by atoms with E-state index in [1.54, 1.807) is 26.2 Å². The number of aromatic nitrogens is 2. The van der Waals surface area contributed by atoms with Crippen molar-refractivity contribution < 1.29 is 13.9 Å². The molecule has 0 unspecified atom stereocenters. The fraction of sp³-hybridized carbons (Fsp3) is 0.235. The number of H-pyrrole nitrogens is 1. The minimum absolute atomic E-state index is 0.184. The van der Waals surface area contributed by atoms with Crippen molar-refractivity contribution in [3.05, 3.63) is 64.1 Å². The van der Waals surface area contributed by atoms with Crippen molar-refractivity contribution in [3.63, 3.8) is 0 Å². The number of allylic oxidation sites excluding steroid dienone is 1. The van der Waals surface area contributed by atoms with Gasteiger partial charge in [-0.3, -0.25) is 4.99 Å². The van der Waals surface area contributed by atoms with Crippen LogP contribution in [0.3, 0.4) is 0 Å². The maximum atomic E-state index is 13.4. The van der Waals surface area contributed by atoms with Crippen LogP contribution in [0.5, 0.6) is 0 Å². The molecule has 8 heteroatoms. The number of benzene rings is 1. The molecule has 0 saturated carbocycles. The molecule has 2 heterocycles. The number of hydrogen-bond donors (Lipinski definition) is 2. The SMILES string of the molecule is CCOC(=O)C1=C(C)NC(c2ncc[nH]2)=N[C@H]1c1ccc(F)cc1Cl. The molecule has 1 aliphatic heterocycles. The number of ether oxygens (including phenoxy) is 1. The van der Waals surface area contributed by atoms with Gasteiger partial charge in [-0.15, -0.1) is 0 Å². The van der Waals surface area contributed by atoms with E-state index >= 15 is 0 Å². The van der Waals surface area contributed by atoms with Crippen molar-refractivity contribution >= 4 is 23.4 Å². The molecule has 1 aromatic carbocycles. The van der Waals surface area contributed by atoms with Gasteiger partial charge < -0.3 is 15.0 Å².